The van der Waals surface area contributed by atoms with Crippen molar-refractivity contribution in [3.05, 3.63) is 15.8 Å². The lowest BCUT2D eigenvalue weighted by Gasteiger charge is -2.41. The van der Waals surface area contributed by atoms with Gasteiger partial charge in [-0.15, -0.1) is 22.9 Å². The van der Waals surface area contributed by atoms with Gasteiger partial charge in [-0.25, -0.2) is 8.42 Å². The first-order chi connectivity index (χ1) is 9.93. The topological polar surface area (TPSA) is 40.6 Å². The number of nitrogens with zero attached hydrogens (tertiary/aromatic N) is 2. The summed E-state index contributed by atoms with van der Waals surface area (Å²) in [4.78, 5) is 4.63. The van der Waals surface area contributed by atoms with E-state index in [1.165, 1.54) is 17.8 Å². The Labute approximate surface area is 135 Å². The first-order valence-corrected chi connectivity index (χ1v) is 10.1. The SMILES string of the molecule is Cc1sc(CCl)cc1S(=O)(=O)N1CC2CCCN2CC1C. The van der Waals surface area contributed by atoms with Crippen LogP contribution >= 0.6 is 22.9 Å². The Balaban J connectivity index is 1.91. The van der Waals surface area contributed by atoms with E-state index < -0.39 is 10.0 Å². The monoisotopic (exact) mass is 348 g/mol. The summed E-state index contributed by atoms with van der Waals surface area (Å²) < 4.78 is 27.7. The quantitative estimate of drug-likeness (QED) is 0.788. The molecule has 0 N–H and O–H groups in total. The fraction of sp³-hybridized carbons (Fsp3) is 0.714. The molecule has 0 bridgehead atoms. The van der Waals surface area contributed by atoms with Gasteiger partial charge in [0.05, 0.1) is 10.8 Å². The molecule has 3 rings (SSSR count). The van der Waals surface area contributed by atoms with Crippen molar-refractivity contribution in [1.82, 2.24) is 9.21 Å². The van der Waals surface area contributed by atoms with E-state index in [1.807, 2.05) is 13.8 Å². The van der Waals surface area contributed by atoms with E-state index in [1.54, 1.807) is 10.4 Å². The normalized spacial score (nSPS) is 28.0. The number of alkyl halides is 1. The third-order valence-corrected chi connectivity index (χ3v) is 8.25. The largest absolute Gasteiger partial charge is 0.297 e. The van der Waals surface area contributed by atoms with Crippen molar-refractivity contribution in [2.45, 2.75) is 49.5 Å². The number of hydrogen-bond acceptors (Lipinski definition) is 4. The van der Waals surface area contributed by atoms with Crippen molar-refractivity contribution in [3.63, 3.8) is 0 Å². The molecule has 0 aliphatic carbocycles. The van der Waals surface area contributed by atoms with Gasteiger partial charge in [-0.2, -0.15) is 4.31 Å². The molecule has 2 fully saturated rings. The molecule has 0 aromatic carbocycles. The van der Waals surface area contributed by atoms with Gasteiger partial charge in [0.15, 0.2) is 0 Å². The lowest BCUT2D eigenvalue weighted by Crippen LogP contribution is -2.56. The van der Waals surface area contributed by atoms with Gasteiger partial charge in [0.2, 0.25) is 10.0 Å². The molecular weight excluding hydrogens is 328 g/mol. The van der Waals surface area contributed by atoms with Gasteiger partial charge in [-0.1, -0.05) is 0 Å². The highest BCUT2D eigenvalue weighted by Gasteiger charge is 2.41. The highest BCUT2D eigenvalue weighted by Crippen LogP contribution is 2.33. The predicted octanol–water partition coefficient (Wildman–Crippen LogP) is 2.65. The maximum atomic E-state index is 13.0. The second kappa shape index (κ2) is 5.81. The summed E-state index contributed by atoms with van der Waals surface area (Å²) in [7, 11) is -3.41. The van der Waals surface area contributed by atoms with E-state index in [9.17, 15) is 8.42 Å². The van der Waals surface area contributed by atoms with Crippen LogP contribution in [0.4, 0.5) is 0 Å². The average molecular weight is 349 g/mol. The zero-order valence-corrected chi connectivity index (χ0v) is 14.8. The van der Waals surface area contributed by atoms with E-state index in [4.69, 9.17) is 11.6 Å². The van der Waals surface area contributed by atoms with E-state index >= 15 is 0 Å². The van der Waals surface area contributed by atoms with Crippen molar-refractivity contribution < 1.29 is 8.42 Å². The molecule has 1 aromatic heterocycles. The minimum atomic E-state index is -3.41. The number of hydrogen-bond donors (Lipinski definition) is 0. The van der Waals surface area contributed by atoms with Gasteiger partial charge < -0.3 is 0 Å². The van der Waals surface area contributed by atoms with Crippen LogP contribution in [-0.2, 0) is 15.9 Å². The summed E-state index contributed by atoms with van der Waals surface area (Å²) >= 11 is 7.32. The second-order valence-corrected chi connectivity index (χ2v) is 9.45. The Morgan fingerprint density at radius 3 is 2.86 bits per heavy atom. The Kier molecular flexibility index (Phi) is 4.36. The summed E-state index contributed by atoms with van der Waals surface area (Å²) in [5, 5.41) is 0. The molecule has 0 saturated carbocycles. The molecular formula is C14H21ClN2O2S2. The zero-order valence-electron chi connectivity index (χ0n) is 12.4. The van der Waals surface area contributed by atoms with E-state index in [2.05, 4.69) is 4.90 Å². The molecule has 2 aliphatic heterocycles. The van der Waals surface area contributed by atoms with Crippen LogP contribution in [0.15, 0.2) is 11.0 Å². The van der Waals surface area contributed by atoms with Gasteiger partial charge in [0.25, 0.3) is 0 Å². The van der Waals surface area contributed by atoms with Crippen LogP contribution in [0.3, 0.4) is 0 Å². The zero-order chi connectivity index (χ0) is 15.2. The molecule has 2 unspecified atom stereocenters. The molecule has 2 atom stereocenters. The lowest BCUT2D eigenvalue weighted by atomic mass is 10.1. The number of halogens is 1. The summed E-state index contributed by atoms with van der Waals surface area (Å²) in [6, 6.07) is 2.17. The Hall–Kier alpha value is -0.140. The maximum Gasteiger partial charge on any atom is 0.244 e. The molecule has 118 valence electrons. The molecule has 0 spiro atoms. The molecule has 0 amide bonds. The molecule has 21 heavy (non-hydrogen) atoms. The smallest absolute Gasteiger partial charge is 0.244 e. The molecule has 7 heteroatoms. The minimum absolute atomic E-state index is 0.0306. The van der Waals surface area contributed by atoms with Crippen LogP contribution in [-0.4, -0.2) is 49.3 Å². The molecule has 1 aromatic rings. The lowest BCUT2D eigenvalue weighted by molar-refractivity contribution is 0.117. The third-order valence-electron chi connectivity index (χ3n) is 4.52. The predicted molar refractivity (Wildman–Crippen MR) is 86.6 cm³/mol. The van der Waals surface area contributed by atoms with Crippen molar-refractivity contribution in [3.8, 4) is 0 Å². The van der Waals surface area contributed by atoms with Gasteiger partial charge in [0.1, 0.15) is 0 Å². The van der Waals surface area contributed by atoms with Gasteiger partial charge in [-0.3, -0.25) is 4.90 Å². The highest BCUT2D eigenvalue weighted by molar-refractivity contribution is 7.89. The maximum absolute atomic E-state index is 13.0. The Bertz CT molecular complexity index is 629. The van der Waals surface area contributed by atoms with Crippen molar-refractivity contribution in [2.24, 2.45) is 0 Å². The fourth-order valence-corrected chi connectivity index (χ4v) is 6.82. The van der Waals surface area contributed by atoms with Crippen molar-refractivity contribution in [1.29, 1.82) is 0 Å². The van der Waals surface area contributed by atoms with Crippen LogP contribution in [0, 0.1) is 6.92 Å². The number of aryl methyl sites for hydroxylation is 1. The standard InChI is InChI=1S/C14H21ClN2O2S2/c1-10-8-16-5-3-4-12(16)9-17(10)21(18,19)14-6-13(7-15)20-11(14)2/h6,10,12H,3-5,7-9H2,1-2H3. The van der Waals surface area contributed by atoms with Crippen molar-refractivity contribution >= 4 is 33.0 Å². The van der Waals surface area contributed by atoms with Crippen LogP contribution in [0.25, 0.3) is 0 Å². The highest BCUT2D eigenvalue weighted by atomic mass is 35.5. The number of fused-ring (bicyclic) bond motifs is 1. The summed E-state index contributed by atoms with van der Waals surface area (Å²) in [6.45, 7) is 6.45. The van der Waals surface area contributed by atoms with Crippen molar-refractivity contribution in [2.75, 3.05) is 19.6 Å². The molecule has 2 saturated heterocycles. The van der Waals surface area contributed by atoms with E-state index in [-0.39, 0.29) is 6.04 Å². The molecule has 0 radical (unpaired) electrons. The minimum Gasteiger partial charge on any atom is -0.297 e. The Morgan fingerprint density at radius 1 is 1.43 bits per heavy atom. The second-order valence-electron chi connectivity index (χ2n) is 5.98. The van der Waals surface area contributed by atoms with Gasteiger partial charge in [-0.05, 0) is 39.3 Å². The molecule has 3 heterocycles. The summed E-state index contributed by atoms with van der Waals surface area (Å²) in [5.74, 6) is 0.368. The van der Waals surface area contributed by atoms with Crippen LogP contribution in [0.2, 0.25) is 0 Å². The van der Waals surface area contributed by atoms with E-state index in [0.717, 1.165) is 29.3 Å². The third kappa shape index (κ3) is 2.77. The summed E-state index contributed by atoms with van der Waals surface area (Å²) in [6.07, 6.45) is 2.29. The van der Waals surface area contributed by atoms with Gasteiger partial charge >= 0.3 is 0 Å². The number of thiophene rings is 1. The number of rotatable bonds is 3. The molecule has 4 nitrogen and oxygen atoms in total. The van der Waals surface area contributed by atoms with E-state index in [0.29, 0.717) is 23.4 Å². The first-order valence-electron chi connectivity index (χ1n) is 7.34. The number of piperazine rings is 1. The van der Waals surface area contributed by atoms with Crippen LogP contribution < -0.4 is 0 Å². The molecule has 2 aliphatic rings. The van der Waals surface area contributed by atoms with Crippen LogP contribution in [0.1, 0.15) is 29.5 Å². The number of sulfonamides is 1. The average Bonchev–Trinajstić information content (AvgIpc) is 3.03. The van der Waals surface area contributed by atoms with Gasteiger partial charge in [0, 0.05) is 34.9 Å². The fourth-order valence-electron chi connectivity index (χ4n) is 3.47. The van der Waals surface area contributed by atoms with Crippen LogP contribution in [0.5, 0.6) is 0 Å². The Morgan fingerprint density at radius 2 is 2.19 bits per heavy atom. The first kappa shape index (κ1) is 15.7. The summed E-state index contributed by atoms with van der Waals surface area (Å²) in [5.41, 5.74) is 0.